The summed E-state index contributed by atoms with van der Waals surface area (Å²) in [7, 11) is 1.75. The van der Waals surface area contributed by atoms with Gasteiger partial charge in [0.25, 0.3) is 0 Å². The van der Waals surface area contributed by atoms with Gasteiger partial charge in [-0.3, -0.25) is 4.68 Å². The summed E-state index contributed by atoms with van der Waals surface area (Å²) >= 11 is 0. The number of terminal acetylenes is 1. The van der Waals surface area contributed by atoms with Gasteiger partial charge in [0, 0.05) is 13.2 Å². The van der Waals surface area contributed by atoms with Gasteiger partial charge in [-0.05, 0) is 6.42 Å². The third kappa shape index (κ3) is 2.43. The molecular weight excluding hydrogens is 256 g/mol. The fraction of sp³-hybridized carbons (Fsp3) is 0.357. The molecule has 0 saturated heterocycles. The molecule has 104 valence electrons. The van der Waals surface area contributed by atoms with Crippen molar-refractivity contribution in [2.75, 3.05) is 5.32 Å². The molecule has 1 unspecified atom stereocenters. The molecule has 20 heavy (non-hydrogen) atoms. The Morgan fingerprint density at radius 1 is 1.60 bits per heavy atom. The lowest BCUT2D eigenvalue weighted by Gasteiger charge is -2.16. The summed E-state index contributed by atoms with van der Waals surface area (Å²) in [5.41, 5.74) is 1.19. The molecule has 0 aliphatic carbocycles. The quantitative estimate of drug-likeness (QED) is 0.812. The van der Waals surface area contributed by atoms with Crippen LogP contribution in [0.3, 0.4) is 0 Å². The maximum Gasteiger partial charge on any atom is 0.339 e. The number of carbonyl (C=O) groups is 1. The van der Waals surface area contributed by atoms with E-state index in [0.717, 1.165) is 12.8 Å². The number of aryl methyl sites for hydroxylation is 1. The highest BCUT2D eigenvalue weighted by Gasteiger charge is 2.18. The van der Waals surface area contributed by atoms with Gasteiger partial charge in [-0.25, -0.2) is 9.78 Å². The second-order valence-corrected chi connectivity index (χ2v) is 4.51. The minimum Gasteiger partial charge on any atom is -0.478 e. The molecule has 2 heterocycles. The van der Waals surface area contributed by atoms with Gasteiger partial charge in [0.05, 0.1) is 23.3 Å². The van der Waals surface area contributed by atoms with Gasteiger partial charge in [0.15, 0.2) is 5.65 Å². The van der Waals surface area contributed by atoms with Crippen LogP contribution in [0.4, 0.5) is 5.69 Å². The summed E-state index contributed by atoms with van der Waals surface area (Å²) in [6.07, 6.45) is 10.1. The number of rotatable bonds is 5. The van der Waals surface area contributed by atoms with Crippen LogP contribution in [0.2, 0.25) is 0 Å². The van der Waals surface area contributed by atoms with Gasteiger partial charge in [-0.1, -0.05) is 19.3 Å². The SMILES string of the molecule is C#CC(CCC)Nc1c(C(=O)O)cnc2c1cnn2C. The van der Waals surface area contributed by atoms with Crippen LogP contribution >= 0.6 is 0 Å². The van der Waals surface area contributed by atoms with Crippen molar-refractivity contribution in [2.24, 2.45) is 7.05 Å². The maximum atomic E-state index is 11.3. The predicted octanol–water partition coefficient (Wildman–Crippen LogP) is 1.88. The van der Waals surface area contributed by atoms with E-state index in [1.807, 2.05) is 6.92 Å². The molecule has 0 aromatic carbocycles. The zero-order valence-electron chi connectivity index (χ0n) is 11.4. The molecular formula is C14H16N4O2. The summed E-state index contributed by atoms with van der Waals surface area (Å²) in [6.45, 7) is 2.02. The zero-order valence-corrected chi connectivity index (χ0v) is 11.4. The average molecular weight is 272 g/mol. The van der Waals surface area contributed by atoms with Crippen molar-refractivity contribution in [3.05, 3.63) is 18.0 Å². The Balaban J connectivity index is 2.55. The van der Waals surface area contributed by atoms with E-state index in [1.165, 1.54) is 6.20 Å². The van der Waals surface area contributed by atoms with Crippen LogP contribution in [-0.2, 0) is 7.05 Å². The molecule has 0 bridgehead atoms. The zero-order chi connectivity index (χ0) is 14.7. The molecule has 2 rings (SSSR count). The van der Waals surface area contributed by atoms with Gasteiger partial charge in [0.1, 0.15) is 5.56 Å². The number of aromatic carboxylic acids is 1. The monoisotopic (exact) mass is 272 g/mol. The Labute approximate surface area is 116 Å². The van der Waals surface area contributed by atoms with Crippen molar-refractivity contribution in [1.82, 2.24) is 14.8 Å². The number of hydrogen-bond acceptors (Lipinski definition) is 4. The second-order valence-electron chi connectivity index (χ2n) is 4.51. The lowest BCUT2D eigenvalue weighted by Crippen LogP contribution is -2.19. The number of nitrogens with one attached hydrogen (secondary N) is 1. The van der Waals surface area contributed by atoms with E-state index < -0.39 is 5.97 Å². The van der Waals surface area contributed by atoms with Crippen LogP contribution in [0.15, 0.2) is 12.4 Å². The van der Waals surface area contributed by atoms with E-state index in [2.05, 4.69) is 21.3 Å². The molecule has 0 spiro atoms. The van der Waals surface area contributed by atoms with Crippen molar-refractivity contribution in [2.45, 2.75) is 25.8 Å². The predicted molar refractivity (Wildman–Crippen MR) is 76.6 cm³/mol. The third-order valence-corrected chi connectivity index (χ3v) is 3.09. The molecule has 2 N–H and O–H groups in total. The van der Waals surface area contributed by atoms with E-state index in [-0.39, 0.29) is 11.6 Å². The average Bonchev–Trinajstić information content (AvgIpc) is 2.80. The molecule has 0 aliphatic heterocycles. The Hall–Kier alpha value is -2.55. The van der Waals surface area contributed by atoms with Crippen LogP contribution in [0.5, 0.6) is 0 Å². The van der Waals surface area contributed by atoms with Crippen molar-refractivity contribution in [1.29, 1.82) is 0 Å². The van der Waals surface area contributed by atoms with Crippen molar-refractivity contribution < 1.29 is 9.90 Å². The number of nitrogens with zero attached hydrogens (tertiary/aromatic N) is 3. The summed E-state index contributed by atoms with van der Waals surface area (Å²) in [6, 6.07) is -0.219. The summed E-state index contributed by atoms with van der Waals surface area (Å²) in [4.78, 5) is 15.5. The Morgan fingerprint density at radius 3 is 2.95 bits per heavy atom. The molecule has 1 atom stereocenters. The van der Waals surface area contributed by atoms with Crippen molar-refractivity contribution >= 4 is 22.7 Å². The van der Waals surface area contributed by atoms with Gasteiger partial charge < -0.3 is 10.4 Å². The van der Waals surface area contributed by atoms with E-state index >= 15 is 0 Å². The molecule has 2 aromatic heterocycles. The Kier molecular flexibility index (Phi) is 3.89. The van der Waals surface area contributed by atoms with Crippen LogP contribution in [0, 0.1) is 12.3 Å². The molecule has 0 fully saturated rings. The highest BCUT2D eigenvalue weighted by Crippen LogP contribution is 2.26. The van der Waals surface area contributed by atoms with E-state index in [0.29, 0.717) is 16.7 Å². The van der Waals surface area contributed by atoms with Crippen molar-refractivity contribution in [3.63, 3.8) is 0 Å². The number of carboxylic acids is 1. The minimum atomic E-state index is -1.04. The molecule has 2 aromatic rings. The molecule has 6 nitrogen and oxygen atoms in total. The topological polar surface area (TPSA) is 80.0 Å². The smallest absolute Gasteiger partial charge is 0.339 e. The Bertz CT molecular complexity index is 684. The number of fused-ring (bicyclic) bond motifs is 1. The van der Waals surface area contributed by atoms with Crippen LogP contribution < -0.4 is 5.32 Å². The van der Waals surface area contributed by atoms with Gasteiger partial charge in [-0.15, -0.1) is 6.42 Å². The molecule has 0 saturated carbocycles. The standard InChI is InChI=1S/C14H16N4O2/c1-4-6-9(5-2)17-12-10-8-16-18(3)13(10)15-7-11(12)14(19)20/h2,7-9H,4,6H2,1,3H3,(H,15,17)(H,19,20). The number of anilines is 1. The first-order valence-corrected chi connectivity index (χ1v) is 6.35. The van der Waals surface area contributed by atoms with Crippen LogP contribution in [0.25, 0.3) is 11.0 Å². The van der Waals surface area contributed by atoms with Crippen LogP contribution in [0.1, 0.15) is 30.1 Å². The fourth-order valence-corrected chi connectivity index (χ4v) is 2.07. The molecule has 0 aliphatic rings. The van der Waals surface area contributed by atoms with Gasteiger partial charge in [0.2, 0.25) is 0 Å². The second kappa shape index (κ2) is 5.61. The number of pyridine rings is 1. The molecule has 6 heteroatoms. The lowest BCUT2D eigenvalue weighted by molar-refractivity contribution is 0.0697. The maximum absolute atomic E-state index is 11.3. The first-order chi connectivity index (χ1) is 9.58. The van der Waals surface area contributed by atoms with Gasteiger partial charge in [-0.2, -0.15) is 5.10 Å². The van der Waals surface area contributed by atoms with E-state index in [4.69, 9.17) is 6.42 Å². The van der Waals surface area contributed by atoms with Crippen molar-refractivity contribution in [3.8, 4) is 12.3 Å². The first-order valence-electron chi connectivity index (χ1n) is 6.35. The van der Waals surface area contributed by atoms with E-state index in [9.17, 15) is 9.90 Å². The molecule has 0 radical (unpaired) electrons. The fourth-order valence-electron chi connectivity index (χ4n) is 2.07. The van der Waals surface area contributed by atoms with E-state index in [1.54, 1.807) is 17.9 Å². The molecule has 0 amide bonds. The minimum absolute atomic E-state index is 0.0989. The summed E-state index contributed by atoms with van der Waals surface area (Å²) in [5.74, 6) is 1.59. The summed E-state index contributed by atoms with van der Waals surface area (Å²) < 4.78 is 1.59. The first kappa shape index (κ1) is 13.9. The third-order valence-electron chi connectivity index (χ3n) is 3.09. The van der Waals surface area contributed by atoms with Crippen LogP contribution in [-0.4, -0.2) is 31.9 Å². The highest BCUT2D eigenvalue weighted by molar-refractivity contribution is 6.03. The summed E-state index contributed by atoms with van der Waals surface area (Å²) in [5, 5.41) is 17.2. The largest absolute Gasteiger partial charge is 0.478 e. The lowest BCUT2D eigenvalue weighted by atomic mass is 10.1. The Morgan fingerprint density at radius 2 is 2.35 bits per heavy atom. The van der Waals surface area contributed by atoms with Gasteiger partial charge >= 0.3 is 5.97 Å². The normalized spacial score (nSPS) is 12.1. The highest BCUT2D eigenvalue weighted by atomic mass is 16.4. The number of hydrogen-bond donors (Lipinski definition) is 2. The number of aromatic nitrogens is 3. The number of carboxylic acid groups (broad SMARTS) is 1.